The van der Waals surface area contributed by atoms with E-state index in [2.05, 4.69) is 18.9 Å². The zero-order valence-electron chi connectivity index (χ0n) is 31.0. The molecule has 13 atom stereocenters. The van der Waals surface area contributed by atoms with Crippen molar-refractivity contribution < 1.29 is 51.5 Å². The number of carbonyl (C=O) groups excluding carboxylic acids is 1. The van der Waals surface area contributed by atoms with Gasteiger partial charge < -0.3 is 19.5 Å². The van der Waals surface area contributed by atoms with Gasteiger partial charge in [0, 0.05) is 12.1 Å². The fraction of sp³-hybridized carbons (Fsp3) is 0.811. The number of nitro groups is 1. The molecule has 1 aromatic rings. The molecule has 0 saturated heterocycles. The Labute approximate surface area is 304 Å². The van der Waals surface area contributed by atoms with Crippen LogP contribution >= 0.6 is 7.75 Å². The Kier molecular flexibility index (Phi) is 12.3. The van der Waals surface area contributed by atoms with E-state index >= 15 is 0 Å². The van der Waals surface area contributed by atoms with Crippen LogP contribution < -0.4 is 9.61 Å². The predicted octanol–water partition coefficient (Wildman–Crippen LogP) is 7.88. The molecule has 3 N–H and O–H groups in total. The predicted molar refractivity (Wildman–Crippen MR) is 187 cm³/mol. The summed E-state index contributed by atoms with van der Waals surface area (Å²) in [5.74, 6) is -3.52. The van der Waals surface area contributed by atoms with Gasteiger partial charge in [0.15, 0.2) is 5.78 Å². The van der Waals surface area contributed by atoms with Crippen molar-refractivity contribution in [3.63, 3.8) is 0 Å². The van der Waals surface area contributed by atoms with Crippen LogP contribution in [0.25, 0.3) is 0 Å². The molecule has 0 heterocycles. The lowest BCUT2D eigenvalue weighted by Crippen LogP contribution is -2.64. The summed E-state index contributed by atoms with van der Waals surface area (Å²) in [6.07, 6.45) is -2.55. The van der Waals surface area contributed by atoms with Crippen LogP contribution in [-0.2, 0) is 18.6 Å². The maximum absolute atomic E-state index is 14.7. The van der Waals surface area contributed by atoms with E-state index in [1.54, 1.807) is 13.8 Å². The van der Waals surface area contributed by atoms with Crippen LogP contribution in [-0.4, -0.2) is 64.7 Å². The van der Waals surface area contributed by atoms with E-state index < -0.39 is 60.3 Å². The van der Waals surface area contributed by atoms with E-state index in [4.69, 9.17) is 13.8 Å². The number of ketones is 1. The number of carbonyl (C=O) groups is 1. The average Bonchev–Trinajstić information content (AvgIpc) is 3.41. The van der Waals surface area contributed by atoms with Crippen molar-refractivity contribution in [1.29, 1.82) is 0 Å². The standard InChI is InChI=1S/C37H56F3N2O9P/c1-21(2)49-20-31(44)23(4)41-52(48,51-26-9-7-24(8-10-26)42(46)47)50-18-15-22(3)27-11-12-28-32-29(14-17-35(27,28)5)36(6)16-13-25(43)19-30(36)33(34(32)45)37(38,39)40/h7-10,21-23,25,27-30,32-34,43,45H,11-20H2,1-6H3,(H,41,48)/t22-,23+,25-,27-,28?,29?,30?,32?,33-,34?,35-,36-,52-/m1/s1. The fourth-order valence-electron chi connectivity index (χ4n) is 10.8. The second-order valence-corrected chi connectivity index (χ2v) is 18.4. The molecule has 0 radical (unpaired) electrons. The van der Waals surface area contributed by atoms with E-state index in [1.165, 1.54) is 31.2 Å². The molecule has 4 aliphatic rings. The molecule has 1 aromatic carbocycles. The van der Waals surface area contributed by atoms with Crippen LogP contribution in [0.2, 0.25) is 0 Å². The zero-order valence-corrected chi connectivity index (χ0v) is 31.9. The van der Waals surface area contributed by atoms with Crippen LogP contribution in [0.1, 0.15) is 92.9 Å². The van der Waals surface area contributed by atoms with Crippen molar-refractivity contribution in [3.05, 3.63) is 34.4 Å². The summed E-state index contributed by atoms with van der Waals surface area (Å²) in [6.45, 7) is 11.0. The summed E-state index contributed by atoms with van der Waals surface area (Å²) in [5, 5.41) is 35.9. The van der Waals surface area contributed by atoms with Gasteiger partial charge in [-0.1, -0.05) is 20.8 Å². The Morgan fingerprint density at radius 2 is 1.65 bits per heavy atom. The molecule has 4 aliphatic carbocycles. The van der Waals surface area contributed by atoms with Crippen LogP contribution in [0.4, 0.5) is 18.9 Å². The lowest BCUT2D eigenvalue weighted by Gasteiger charge is -2.64. The van der Waals surface area contributed by atoms with Crippen molar-refractivity contribution in [1.82, 2.24) is 5.09 Å². The van der Waals surface area contributed by atoms with Crippen molar-refractivity contribution in [2.24, 2.45) is 52.3 Å². The number of hydrogen-bond acceptors (Lipinski definition) is 9. The fourth-order valence-corrected chi connectivity index (χ4v) is 12.3. The number of non-ortho nitro benzene ring substituents is 1. The number of ether oxygens (including phenoxy) is 1. The van der Waals surface area contributed by atoms with Crippen molar-refractivity contribution in [2.45, 2.75) is 123 Å². The Balaban J connectivity index is 1.30. The maximum atomic E-state index is 14.7. The van der Waals surface area contributed by atoms with Gasteiger partial charge >= 0.3 is 13.9 Å². The normalized spacial score (nSPS) is 36.9. The van der Waals surface area contributed by atoms with Crippen LogP contribution in [0, 0.1) is 62.4 Å². The van der Waals surface area contributed by atoms with Crippen molar-refractivity contribution in [2.75, 3.05) is 13.2 Å². The minimum atomic E-state index is -4.58. The first-order valence-corrected chi connectivity index (χ1v) is 20.3. The van der Waals surface area contributed by atoms with Crippen LogP contribution in [0.15, 0.2) is 24.3 Å². The Hall–Kier alpha value is -2.09. The molecule has 52 heavy (non-hydrogen) atoms. The number of alkyl halides is 3. The third-order valence-electron chi connectivity index (χ3n) is 13.4. The number of hydrogen-bond donors (Lipinski definition) is 3. The van der Waals surface area contributed by atoms with E-state index in [0.29, 0.717) is 25.7 Å². The Morgan fingerprint density at radius 1 is 1.02 bits per heavy atom. The third kappa shape index (κ3) is 8.27. The smallest absolute Gasteiger partial charge is 0.413 e. The number of halogens is 3. The highest BCUT2D eigenvalue weighted by Crippen LogP contribution is 2.70. The number of nitrogens with one attached hydrogen (secondary N) is 1. The molecule has 11 nitrogen and oxygen atoms in total. The highest BCUT2D eigenvalue weighted by molar-refractivity contribution is 7.52. The maximum Gasteiger partial charge on any atom is 0.459 e. The molecule has 0 spiro atoms. The molecule has 0 bridgehead atoms. The molecule has 4 saturated carbocycles. The molecular weight excluding hydrogens is 704 g/mol. The minimum Gasteiger partial charge on any atom is -0.413 e. The number of nitrogens with zero attached hydrogens (tertiary/aromatic N) is 1. The van der Waals surface area contributed by atoms with E-state index in [-0.39, 0.29) is 72.0 Å². The summed E-state index contributed by atoms with van der Waals surface area (Å²) < 4.78 is 75.3. The molecule has 0 aromatic heterocycles. The first-order valence-electron chi connectivity index (χ1n) is 18.7. The van der Waals surface area contributed by atoms with Crippen molar-refractivity contribution in [3.8, 4) is 5.75 Å². The SMILES string of the molecule is CC(C)OCC(=O)[C@H](C)N[P@@](=O)(OCC[C@@H](C)[C@H]1CCC2C3C(O)[C@H](C(F)(F)F)C4C[C@H](O)CC[C@]4(C)C3CC[C@@]21C)Oc1ccc([N+](=O)[O-])cc1. The van der Waals surface area contributed by atoms with Gasteiger partial charge in [-0.25, -0.2) is 9.65 Å². The topological polar surface area (TPSA) is 157 Å². The van der Waals surface area contributed by atoms with Crippen molar-refractivity contribution >= 4 is 19.2 Å². The first kappa shape index (κ1) is 41.1. The van der Waals surface area contributed by atoms with Gasteiger partial charge in [-0.2, -0.15) is 13.2 Å². The molecule has 0 aliphatic heterocycles. The number of fused-ring (bicyclic) bond motifs is 5. The summed E-state index contributed by atoms with van der Waals surface area (Å²) in [6, 6.07) is 4.03. The summed E-state index contributed by atoms with van der Waals surface area (Å²) in [4.78, 5) is 23.3. The lowest BCUT2D eigenvalue weighted by molar-refractivity contribution is -0.384. The highest BCUT2D eigenvalue weighted by atomic mass is 31.2. The molecule has 0 amide bonds. The minimum absolute atomic E-state index is 0.0187. The molecular formula is C37H56F3N2O9P. The Morgan fingerprint density at radius 3 is 2.27 bits per heavy atom. The van der Waals surface area contributed by atoms with Gasteiger partial charge in [0.05, 0.1) is 41.8 Å². The van der Waals surface area contributed by atoms with Gasteiger partial charge in [-0.3, -0.25) is 19.4 Å². The van der Waals surface area contributed by atoms with E-state index in [1.807, 2.05) is 6.92 Å². The average molecular weight is 761 g/mol. The van der Waals surface area contributed by atoms with Gasteiger partial charge in [0.1, 0.15) is 12.4 Å². The largest absolute Gasteiger partial charge is 0.459 e. The second-order valence-electron chi connectivity index (χ2n) is 16.7. The van der Waals surface area contributed by atoms with Gasteiger partial charge in [-0.05, 0) is 131 Å². The van der Waals surface area contributed by atoms with Crippen LogP contribution in [0.3, 0.4) is 0 Å². The summed E-state index contributed by atoms with van der Waals surface area (Å²) in [7, 11) is -4.20. The number of benzene rings is 1. The number of rotatable bonds is 14. The number of aliphatic hydroxyl groups excluding tert-OH is 2. The molecule has 5 rings (SSSR count). The second kappa shape index (κ2) is 15.6. The molecule has 4 fully saturated rings. The van der Waals surface area contributed by atoms with E-state index in [9.17, 15) is 42.9 Å². The Bertz CT molecular complexity index is 1480. The number of aliphatic hydroxyl groups is 2. The van der Waals surface area contributed by atoms with Gasteiger partial charge in [0.25, 0.3) is 5.69 Å². The first-order chi connectivity index (χ1) is 24.2. The quantitative estimate of drug-likeness (QED) is 0.0968. The van der Waals surface area contributed by atoms with Gasteiger partial charge in [-0.15, -0.1) is 0 Å². The third-order valence-corrected chi connectivity index (χ3v) is 15.1. The molecule has 294 valence electrons. The van der Waals surface area contributed by atoms with E-state index in [0.717, 1.165) is 19.3 Å². The summed E-state index contributed by atoms with van der Waals surface area (Å²) in [5.41, 5.74) is -1.11. The molecule has 15 heteroatoms. The highest BCUT2D eigenvalue weighted by Gasteiger charge is 2.69. The molecule has 5 unspecified atom stereocenters. The zero-order chi connectivity index (χ0) is 38.4. The number of Topliss-reactive ketones (excluding diaryl/α,β-unsaturated/α-hetero) is 1. The van der Waals surface area contributed by atoms with Crippen LogP contribution in [0.5, 0.6) is 5.75 Å². The monoisotopic (exact) mass is 760 g/mol. The lowest BCUT2D eigenvalue weighted by atomic mass is 9.41. The number of nitro benzene ring substituents is 1. The van der Waals surface area contributed by atoms with Gasteiger partial charge in [0.2, 0.25) is 0 Å². The summed E-state index contributed by atoms with van der Waals surface area (Å²) >= 11 is 0.